The van der Waals surface area contributed by atoms with E-state index in [2.05, 4.69) is 11.4 Å². The van der Waals surface area contributed by atoms with Crippen molar-refractivity contribution in [3.8, 4) is 0 Å². The number of halogens is 2. The minimum atomic E-state index is -0.353. The number of nitrogens with one attached hydrogen (secondary N) is 1. The van der Waals surface area contributed by atoms with Crippen molar-refractivity contribution in [1.82, 2.24) is 5.32 Å². The monoisotopic (exact) mass is 307 g/mol. The molecule has 1 N–H and O–H groups in total. The first-order valence-corrected chi connectivity index (χ1v) is 7.38. The molecule has 0 spiro atoms. The molecule has 0 aliphatic heterocycles. The first kappa shape index (κ1) is 16.0. The molecular formula is C17H19ClFNO. The van der Waals surface area contributed by atoms with E-state index in [0.29, 0.717) is 31.9 Å². The summed E-state index contributed by atoms with van der Waals surface area (Å²) in [6.07, 6.45) is 0. The van der Waals surface area contributed by atoms with Gasteiger partial charge >= 0.3 is 0 Å². The third-order valence-electron chi connectivity index (χ3n) is 3.24. The van der Waals surface area contributed by atoms with Crippen molar-refractivity contribution in [2.24, 2.45) is 0 Å². The molecular weight excluding hydrogens is 289 g/mol. The van der Waals surface area contributed by atoms with E-state index in [9.17, 15) is 4.39 Å². The van der Waals surface area contributed by atoms with Crippen molar-refractivity contribution in [2.45, 2.75) is 26.6 Å². The molecule has 0 bridgehead atoms. The van der Waals surface area contributed by atoms with Gasteiger partial charge in [-0.05, 0) is 24.1 Å². The third kappa shape index (κ3) is 4.53. The average Bonchev–Trinajstić information content (AvgIpc) is 2.50. The van der Waals surface area contributed by atoms with Crippen LogP contribution >= 0.6 is 11.6 Å². The van der Waals surface area contributed by atoms with Crippen molar-refractivity contribution in [2.75, 3.05) is 6.61 Å². The van der Waals surface area contributed by atoms with Gasteiger partial charge in [0.05, 0.1) is 11.6 Å². The Balaban J connectivity index is 1.95. The molecule has 2 rings (SSSR count). The second kappa shape index (κ2) is 8.13. The highest BCUT2D eigenvalue weighted by Gasteiger charge is 2.06. The predicted octanol–water partition coefficient (Wildman–Crippen LogP) is 4.31. The van der Waals surface area contributed by atoms with Gasteiger partial charge in [0.1, 0.15) is 5.82 Å². The van der Waals surface area contributed by atoms with Crippen LogP contribution in [0.1, 0.15) is 23.6 Å². The van der Waals surface area contributed by atoms with E-state index in [4.69, 9.17) is 16.3 Å². The normalized spacial score (nSPS) is 10.8. The van der Waals surface area contributed by atoms with Crippen LogP contribution in [0.4, 0.5) is 4.39 Å². The summed E-state index contributed by atoms with van der Waals surface area (Å²) in [4.78, 5) is 0. The van der Waals surface area contributed by atoms with Crippen LogP contribution in [0, 0.1) is 5.82 Å². The highest BCUT2D eigenvalue weighted by Crippen LogP contribution is 2.18. The summed E-state index contributed by atoms with van der Waals surface area (Å²) in [6, 6.07) is 13.1. The van der Waals surface area contributed by atoms with Gasteiger partial charge in [0.15, 0.2) is 0 Å². The Bertz CT molecular complexity index is 589. The Morgan fingerprint density at radius 2 is 1.67 bits per heavy atom. The van der Waals surface area contributed by atoms with E-state index in [-0.39, 0.29) is 10.8 Å². The standard InChI is InChI=1S/C17H19ClFNO/c1-2-21-12-15-7-4-3-6-13(15)10-20-11-14-8-5-9-16(18)17(14)19/h3-9,20H,2,10-12H2,1H3. The van der Waals surface area contributed by atoms with Crippen LogP contribution in [-0.2, 0) is 24.4 Å². The maximum absolute atomic E-state index is 13.8. The molecule has 2 nitrogen and oxygen atoms in total. The molecule has 2 aromatic rings. The molecule has 0 radical (unpaired) electrons. The second-order valence-electron chi connectivity index (χ2n) is 4.72. The number of hydrogen-bond acceptors (Lipinski definition) is 2. The summed E-state index contributed by atoms with van der Waals surface area (Å²) in [5.41, 5.74) is 2.89. The molecule has 0 aromatic heterocycles. The molecule has 2 aromatic carbocycles. The number of rotatable bonds is 7. The molecule has 112 valence electrons. The zero-order valence-electron chi connectivity index (χ0n) is 12.0. The van der Waals surface area contributed by atoms with Crippen LogP contribution in [-0.4, -0.2) is 6.61 Å². The molecule has 0 saturated heterocycles. The third-order valence-corrected chi connectivity index (χ3v) is 3.53. The minimum Gasteiger partial charge on any atom is -0.377 e. The van der Waals surface area contributed by atoms with Crippen molar-refractivity contribution in [3.63, 3.8) is 0 Å². The summed E-state index contributed by atoms with van der Waals surface area (Å²) < 4.78 is 19.2. The Kier molecular flexibility index (Phi) is 6.18. The van der Waals surface area contributed by atoms with Crippen LogP contribution in [0.25, 0.3) is 0 Å². The fourth-order valence-corrected chi connectivity index (χ4v) is 2.29. The molecule has 0 fully saturated rings. The minimum absolute atomic E-state index is 0.158. The molecule has 0 saturated carbocycles. The Labute approximate surface area is 129 Å². The van der Waals surface area contributed by atoms with E-state index < -0.39 is 0 Å². The first-order valence-electron chi connectivity index (χ1n) is 7.00. The van der Waals surface area contributed by atoms with Gasteiger partial charge < -0.3 is 10.1 Å². The van der Waals surface area contributed by atoms with Crippen molar-refractivity contribution in [3.05, 3.63) is 70.0 Å². The predicted molar refractivity (Wildman–Crippen MR) is 83.7 cm³/mol. The maximum Gasteiger partial charge on any atom is 0.146 e. The van der Waals surface area contributed by atoms with Gasteiger partial charge in [-0.15, -0.1) is 0 Å². The van der Waals surface area contributed by atoms with Gasteiger partial charge in [0.2, 0.25) is 0 Å². The first-order chi connectivity index (χ1) is 10.2. The highest BCUT2D eigenvalue weighted by atomic mass is 35.5. The molecule has 0 amide bonds. The van der Waals surface area contributed by atoms with Crippen molar-refractivity contribution in [1.29, 1.82) is 0 Å². The van der Waals surface area contributed by atoms with Gasteiger partial charge in [0, 0.05) is 25.3 Å². The van der Waals surface area contributed by atoms with E-state index in [1.165, 1.54) is 0 Å². The fraction of sp³-hybridized carbons (Fsp3) is 0.294. The Hall–Kier alpha value is -1.42. The van der Waals surface area contributed by atoms with Crippen LogP contribution in [0.15, 0.2) is 42.5 Å². The van der Waals surface area contributed by atoms with Gasteiger partial charge in [-0.1, -0.05) is 48.0 Å². The van der Waals surface area contributed by atoms with Crippen molar-refractivity contribution < 1.29 is 9.13 Å². The lowest BCUT2D eigenvalue weighted by molar-refractivity contribution is 0.133. The quantitative estimate of drug-likeness (QED) is 0.823. The molecule has 0 unspecified atom stereocenters. The summed E-state index contributed by atoms with van der Waals surface area (Å²) in [7, 11) is 0. The van der Waals surface area contributed by atoms with Gasteiger partial charge in [-0.2, -0.15) is 0 Å². The van der Waals surface area contributed by atoms with E-state index >= 15 is 0 Å². The van der Waals surface area contributed by atoms with E-state index in [1.54, 1.807) is 18.2 Å². The van der Waals surface area contributed by atoms with Crippen molar-refractivity contribution >= 4 is 11.6 Å². The summed E-state index contributed by atoms with van der Waals surface area (Å²) >= 11 is 5.77. The lowest BCUT2D eigenvalue weighted by atomic mass is 10.1. The zero-order valence-corrected chi connectivity index (χ0v) is 12.8. The van der Waals surface area contributed by atoms with Crippen LogP contribution in [0.3, 0.4) is 0 Å². The smallest absolute Gasteiger partial charge is 0.146 e. The SMILES string of the molecule is CCOCc1ccccc1CNCc1cccc(Cl)c1F. The molecule has 0 heterocycles. The number of ether oxygens (including phenoxy) is 1. The molecule has 0 aliphatic carbocycles. The maximum atomic E-state index is 13.8. The Morgan fingerprint density at radius 3 is 2.43 bits per heavy atom. The average molecular weight is 308 g/mol. The molecule has 4 heteroatoms. The summed E-state index contributed by atoms with van der Waals surface area (Å²) in [6.45, 7) is 4.36. The molecule has 0 aliphatic rings. The van der Waals surface area contributed by atoms with E-state index in [0.717, 1.165) is 11.1 Å². The Morgan fingerprint density at radius 1 is 1.00 bits per heavy atom. The lowest BCUT2D eigenvalue weighted by Gasteiger charge is -2.11. The lowest BCUT2D eigenvalue weighted by Crippen LogP contribution is -2.15. The topological polar surface area (TPSA) is 21.3 Å². The number of hydrogen-bond donors (Lipinski definition) is 1. The summed E-state index contributed by atoms with van der Waals surface area (Å²) in [5, 5.41) is 3.41. The van der Waals surface area contributed by atoms with Crippen LogP contribution in [0.5, 0.6) is 0 Å². The fourth-order valence-electron chi connectivity index (χ4n) is 2.10. The highest BCUT2D eigenvalue weighted by molar-refractivity contribution is 6.30. The summed E-state index contributed by atoms with van der Waals surface area (Å²) in [5.74, 6) is -0.353. The largest absolute Gasteiger partial charge is 0.377 e. The van der Waals surface area contributed by atoms with E-state index in [1.807, 2.05) is 25.1 Å². The van der Waals surface area contributed by atoms with Crippen LogP contribution in [0.2, 0.25) is 5.02 Å². The molecule has 0 atom stereocenters. The molecule has 21 heavy (non-hydrogen) atoms. The van der Waals surface area contributed by atoms with Crippen LogP contribution < -0.4 is 5.32 Å². The second-order valence-corrected chi connectivity index (χ2v) is 5.13. The number of benzene rings is 2. The van der Waals surface area contributed by atoms with Gasteiger partial charge in [-0.25, -0.2) is 4.39 Å². The van der Waals surface area contributed by atoms with Gasteiger partial charge in [-0.3, -0.25) is 0 Å². The zero-order chi connectivity index (χ0) is 15.1. The van der Waals surface area contributed by atoms with Gasteiger partial charge in [0.25, 0.3) is 0 Å².